The molecule has 2 aromatic carbocycles. The van der Waals surface area contributed by atoms with E-state index < -0.39 is 5.97 Å². The van der Waals surface area contributed by atoms with Crippen molar-refractivity contribution in [2.24, 2.45) is 0 Å². The largest absolute Gasteiger partial charge is 0.491 e. The Morgan fingerprint density at radius 1 is 1.07 bits per heavy atom. The van der Waals surface area contributed by atoms with Gasteiger partial charge in [0.25, 0.3) is 5.91 Å². The van der Waals surface area contributed by atoms with Crippen LogP contribution in [0.2, 0.25) is 0 Å². The Balaban J connectivity index is 1.70. The first-order valence-corrected chi connectivity index (χ1v) is 9.79. The summed E-state index contributed by atoms with van der Waals surface area (Å²) in [6.45, 7) is 7.78. The van der Waals surface area contributed by atoms with Gasteiger partial charge in [0.05, 0.1) is 30.3 Å². The number of benzene rings is 2. The van der Waals surface area contributed by atoms with E-state index in [0.717, 1.165) is 11.4 Å². The summed E-state index contributed by atoms with van der Waals surface area (Å²) < 4.78 is 12.3. The third-order valence-electron chi connectivity index (χ3n) is 4.36. The van der Waals surface area contributed by atoms with Crippen LogP contribution < -0.4 is 10.1 Å². The first-order chi connectivity index (χ1) is 14.4. The quantitative estimate of drug-likeness (QED) is 0.587. The number of nitrogens with one attached hydrogen (secondary N) is 1. The van der Waals surface area contributed by atoms with Gasteiger partial charge < -0.3 is 14.8 Å². The molecule has 0 atom stereocenters. The fraction of sp³-hybridized carbons (Fsp3) is 0.261. The molecule has 30 heavy (non-hydrogen) atoms. The molecule has 0 fully saturated rings. The molecule has 1 N–H and O–H groups in total. The van der Waals surface area contributed by atoms with Crippen LogP contribution in [0.15, 0.2) is 54.7 Å². The van der Waals surface area contributed by atoms with E-state index in [9.17, 15) is 9.59 Å². The number of esters is 1. The van der Waals surface area contributed by atoms with Crippen LogP contribution in [-0.2, 0) is 4.74 Å². The SMILES string of the molecule is CCOC(=O)c1cnn(-c2ccc(C(=O)Nc3ccc(OC(C)C)cc3)cc2)c1C. The summed E-state index contributed by atoms with van der Waals surface area (Å²) in [5.41, 5.74) is 3.03. The van der Waals surface area contributed by atoms with E-state index in [4.69, 9.17) is 9.47 Å². The number of aromatic nitrogens is 2. The van der Waals surface area contributed by atoms with E-state index in [1.54, 1.807) is 54.9 Å². The van der Waals surface area contributed by atoms with E-state index in [1.807, 2.05) is 26.0 Å². The summed E-state index contributed by atoms with van der Waals surface area (Å²) in [4.78, 5) is 24.5. The minimum Gasteiger partial charge on any atom is -0.491 e. The summed E-state index contributed by atoms with van der Waals surface area (Å²) in [6, 6.07) is 14.2. The molecule has 0 aliphatic heterocycles. The van der Waals surface area contributed by atoms with Crippen molar-refractivity contribution in [3.8, 4) is 11.4 Å². The van der Waals surface area contributed by atoms with Gasteiger partial charge in [-0.15, -0.1) is 0 Å². The number of carbonyl (C=O) groups is 2. The van der Waals surface area contributed by atoms with Gasteiger partial charge in [-0.25, -0.2) is 9.48 Å². The molecule has 0 saturated carbocycles. The summed E-state index contributed by atoms with van der Waals surface area (Å²) in [5, 5.41) is 7.13. The van der Waals surface area contributed by atoms with Gasteiger partial charge in [0, 0.05) is 11.3 Å². The van der Waals surface area contributed by atoms with Crippen molar-refractivity contribution in [3.63, 3.8) is 0 Å². The van der Waals surface area contributed by atoms with Crippen LogP contribution in [0.3, 0.4) is 0 Å². The highest BCUT2D eigenvalue weighted by atomic mass is 16.5. The van der Waals surface area contributed by atoms with Crippen LogP contribution in [0.25, 0.3) is 5.69 Å². The smallest absolute Gasteiger partial charge is 0.341 e. The Kier molecular flexibility index (Phi) is 6.51. The Bertz CT molecular complexity index is 1020. The second kappa shape index (κ2) is 9.26. The number of ether oxygens (including phenoxy) is 2. The van der Waals surface area contributed by atoms with Crippen LogP contribution in [-0.4, -0.2) is 34.4 Å². The minimum atomic E-state index is -0.401. The Morgan fingerprint density at radius 3 is 2.33 bits per heavy atom. The molecule has 1 aromatic heterocycles. The third-order valence-corrected chi connectivity index (χ3v) is 4.36. The summed E-state index contributed by atoms with van der Waals surface area (Å²) in [7, 11) is 0. The highest BCUT2D eigenvalue weighted by molar-refractivity contribution is 6.04. The van der Waals surface area contributed by atoms with Crippen LogP contribution in [0.4, 0.5) is 5.69 Å². The highest BCUT2D eigenvalue weighted by Crippen LogP contribution is 2.19. The van der Waals surface area contributed by atoms with Gasteiger partial charge in [-0.1, -0.05) is 0 Å². The molecule has 7 heteroatoms. The maximum atomic E-state index is 12.5. The van der Waals surface area contributed by atoms with E-state index >= 15 is 0 Å². The molecular formula is C23H25N3O4. The fourth-order valence-electron chi connectivity index (χ4n) is 2.93. The molecule has 0 bridgehead atoms. The van der Waals surface area contributed by atoms with Gasteiger partial charge in [-0.05, 0) is 76.2 Å². The van der Waals surface area contributed by atoms with Gasteiger partial charge in [-0.3, -0.25) is 4.79 Å². The maximum absolute atomic E-state index is 12.5. The normalized spacial score (nSPS) is 10.7. The average molecular weight is 407 g/mol. The topological polar surface area (TPSA) is 82.5 Å². The van der Waals surface area contributed by atoms with Crippen molar-refractivity contribution in [1.82, 2.24) is 9.78 Å². The van der Waals surface area contributed by atoms with Crippen molar-refractivity contribution in [2.75, 3.05) is 11.9 Å². The van der Waals surface area contributed by atoms with E-state index in [2.05, 4.69) is 10.4 Å². The maximum Gasteiger partial charge on any atom is 0.341 e. The highest BCUT2D eigenvalue weighted by Gasteiger charge is 2.16. The molecule has 0 unspecified atom stereocenters. The second-order valence-electron chi connectivity index (χ2n) is 6.97. The zero-order valence-electron chi connectivity index (χ0n) is 17.5. The third kappa shape index (κ3) is 4.86. The zero-order valence-corrected chi connectivity index (χ0v) is 17.5. The predicted molar refractivity (Wildman–Crippen MR) is 114 cm³/mol. The van der Waals surface area contributed by atoms with Gasteiger partial charge in [0.1, 0.15) is 11.3 Å². The van der Waals surface area contributed by atoms with Crippen LogP contribution in [0.5, 0.6) is 5.75 Å². The number of carbonyl (C=O) groups excluding carboxylic acids is 2. The lowest BCUT2D eigenvalue weighted by Gasteiger charge is -2.11. The number of rotatable bonds is 7. The van der Waals surface area contributed by atoms with Crippen LogP contribution in [0, 0.1) is 6.92 Å². The van der Waals surface area contributed by atoms with Gasteiger partial charge in [-0.2, -0.15) is 5.10 Å². The molecule has 3 aromatic rings. The van der Waals surface area contributed by atoms with E-state index in [-0.39, 0.29) is 12.0 Å². The molecule has 156 valence electrons. The Hall–Kier alpha value is -3.61. The van der Waals surface area contributed by atoms with Crippen molar-refractivity contribution in [1.29, 1.82) is 0 Å². The van der Waals surface area contributed by atoms with Gasteiger partial charge in [0.15, 0.2) is 0 Å². The van der Waals surface area contributed by atoms with E-state index in [1.165, 1.54) is 6.20 Å². The predicted octanol–water partition coefficient (Wildman–Crippen LogP) is 4.40. The van der Waals surface area contributed by atoms with Gasteiger partial charge in [0.2, 0.25) is 0 Å². The lowest BCUT2D eigenvalue weighted by atomic mass is 10.2. The van der Waals surface area contributed by atoms with Crippen molar-refractivity contribution in [2.45, 2.75) is 33.8 Å². The molecule has 0 aliphatic carbocycles. The molecular weight excluding hydrogens is 382 g/mol. The molecule has 1 amide bonds. The molecule has 1 heterocycles. The lowest BCUT2D eigenvalue weighted by molar-refractivity contribution is 0.0525. The zero-order chi connectivity index (χ0) is 21.7. The summed E-state index contributed by atoms with van der Waals surface area (Å²) in [5.74, 6) is 0.134. The average Bonchev–Trinajstić information content (AvgIpc) is 3.11. The number of hydrogen-bond acceptors (Lipinski definition) is 5. The fourth-order valence-corrected chi connectivity index (χ4v) is 2.93. The number of nitrogens with zero attached hydrogens (tertiary/aromatic N) is 2. The molecule has 3 rings (SSSR count). The summed E-state index contributed by atoms with van der Waals surface area (Å²) in [6.07, 6.45) is 1.58. The molecule has 0 spiro atoms. The van der Waals surface area contributed by atoms with Crippen LogP contribution in [0.1, 0.15) is 47.2 Å². The standard InChI is InChI=1S/C23H25N3O4/c1-5-29-23(28)21-14-24-26(16(21)4)19-10-6-17(7-11-19)22(27)25-18-8-12-20(13-9-18)30-15(2)3/h6-15H,5H2,1-4H3,(H,25,27). The number of anilines is 1. The van der Waals surface area contributed by atoms with Crippen molar-refractivity contribution >= 4 is 17.6 Å². The summed E-state index contributed by atoms with van der Waals surface area (Å²) >= 11 is 0. The van der Waals surface area contributed by atoms with E-state index in [0.29, 0.717) is 29.1 Å². The van der Waals surface area contributed by atoms with Crippen molar-refractivity contribution in [3.05, 3.63) is 71.5 Å². The lowest BCUT2D eigenvalue weighted by Crippen LogP contribution is -2.12. The first kappa shape index (κ1) is 21.1. The van der Waals surface area contributed by atoms with Crippen LogP contribution >= 0.6 is 0 Å². The second-order valence-corrected chi connectivity index (χ2v) is 6.97. The number of amides is 1. The minimum absolute atomic E-state index is 0.0933. The van der Waals surface area contributed by atoms with Gasteiger partial charge >= 0.3 is 5.97 Å². The molecule has 0 radical (unpaired) electrons. The number of hydrogen-bond donors (Lipinski definition) is 1. The molecule has 7 nitrogen and oxygen atoms in total. The molecule has 0 aliphatic rings. The monoisotopic (exact) mass is 407 g/mol. The first-order valence-electron chi connectivity index (χ1n) is 9.79. The Labute approximate surface area is 175 Å². The Morgan fingerprint density at radius 2 is 1.73 bits per heavy atom. The molecule has 0 saturated heterocycles. The van der Waals surface area contributed by atoms with Crippen molar-refractivity contribution < 1.29 is 19.1 Å².